The summed E-state index contributed by atoms with van der Waals surface area (Å²) in [4.78, 5) is 2.34. The van der Waals surface area contributed by atoms with E-state index >= 15 is 0 Å². The monoisotopic (exact) mass is 665 g/mol. The van der Waals surface area contributed by atoms with Crippen LogP contribution in [0.3, 0.4) is 0 Å². The summed E-state index contributed by atoms with van der Waals surface area (Å²) in [5.41, 5.74) is 11.5. The first-order valence-electron chi connectivity index (χ1n) is 17.6. The molecule has 0 atom stereocenters. The van der Waals surface area contributed by atoms with Gasteiger partial charge in [-0.2, -0.15) is 0 Å². The molecule has 2 heteroatoms. The number of fused-ring (bicyclic) bond motifs is 6. The van der Waals surface area contributed by atoms with E-state index < -0.39 is 0 Å². The molecule has 0 spiro atoms. The second-order valence-corrected chi connectivity index (χ2v) is 13.0. The number of rotatable bonds is 8. The Morgan fingerprint density at radius 1 is 0.481 bits per heavy atom. The van der Waals surface area contributed by atoms with E-state index in [9.17, 15) is 0 Å². The van der Waals surface area contributed by atoms with Crippen LogP contribution in [0.2, 0.25) is 0 Å². The highest BCUT2D eigenvalue weighted by Gasteiger charge is 2.21. The van der Waals surface area contributed by atoms with Crippen molar-refractivity contribution >= 4 is 66.1 Å². The number of allylic oxidation sites excluding steroid dienone is 4. The van der Waals surface area contributed by atoms with Crippen molar-refractivity contribution in [3.8, 4) is 22.3 Å². The molecule has 52 heavy (non-hydrogen) atoms. The molecule has 0 radical (unpaired) electrons. The van der Waals surface area contributed by atoms with Crippen molar-refractivity contribution in [3.63, 3.8) is 0 Å². The first kappa shape index (κ1) is 31.1. The molecule has 0 fully saturated rings. The Bertz CT molecular complexity index is 2830. The molecule has 2 nitrogen and oxygen atoms in total. The summed E-state index contributed by atoms with van der Waals surface area (Å²) < 4.78 is 6.84. The highest BCUT2D eigenvalue weighted by Crippen LogP contribution is 2.45. The molecule has 1 aromatic heterocycles. The van der Waals surface area contributed by atoms with Gasteiger partial charge in [0, 0.05) is 38.7 Å². The standard InChI is InChI=1S/C50H35NO/c1-3-13-34(4-2)39-17-11-18-42(33-39)51(41-29-26-36(27-30-41)40-25-24-35-14-5-6-16-38(35)32-40)48-23-10-9-20-44(48)45-21-12-22-46-47-31-28-37-15-7-8-19-43(37)49(47)52-50(45)46/h3-33H,1-2H2/b34-13+. The average Bonchev–Trinajstić information content (AvgIpc) is 3.60. The summed E-state index contributed by atoms with van der Waals surface area (Å²) >= 11 is 0. The largest absolute Gasteiger partial charge is 0.455 e. The van der Waals surface area contributed by atoms with E-state index in [-0.39, 0.29) is 0 Å². The molecular weight excluding hydrogens is 631 g/mol. The molecule has 1 heterocycles. The lowest BCUT2D eigenvalue weighted by Gasteiger charge is -2.28. The van der Waals surface area contributed by atoms with E-state index in [1.165, 1.54) is 27.3 Å². The Balaban J connectivity index is 1.23. The van der Waals surface area contributed by atoms with Gasteiger partial charge in [-0.1, -0.05) is 159 Å². The number of anilines is 3. The summed E-state index contributed by atoms with van der Waals surface area (Å²) in [7, 11) is 0. The number of nitrogens with zero attached hydrogens (tertiary/aromatic N) is 1. The van der Waals surface area contributed by atoms with Crippen molar-refractivity contribution in [2.45, 2.75) is 0 Å². The molecule has 0 amide bonds. The smallest absolute Gasteiger partial charge is 0.143 e. The summed E-state index contributed by atoms with van der Waals surface area (Å²) in [6, 6.07) is 60.5. The zero-order valence-electron chi connectivity index (χ0n) is 28.7. The molecular formula is C50H35NO. The fourth-order valence-corrected chi connectivity index (χ4v) is 7.47. The summed E-state index contributed by atoms with van der Waals surface area (Å²) in [5.74, 6) is 0. The van der Waals surface area contributed by atoms with Crippen LogP contribution in [-0.4, -0.2) is 0 Å². The molecule has 8 aromatic carbocycles. The zero-order valence-corrected chi connectivity index (χ0v) is 28.7. The molecule has 9 rings (SSSR count). The molecule has 9 aromatic rings. The van der Waals surface area contributed by atoms with Gasteiger partial charge in [0.2, 0.25) is 0 Å². The van der Waals surface area contributed by atoms with E-state index in [4.69, 9.17) is 4.42 Å². The van der Waals surface area contributed by atoms with Gasteiger partial charge < -0.3 is 9.32 Å². The van der Waals surface area contributed by atoms with Gasteiger partial charge in [0.25, 0.3) is 0 Å². The molecule has 0 aliphatic carbocycles. The van der Waals surface area contributed by atoms with Crippen LogP contribution in [0.25, 0.3) is 71.3 Å². The fourth-order valence-electron chi connectivity index (χ4n) is 7.47. The molecule has 0 unspecified atom stereocenters. The highest BCUT2D eigenvalue weighted by molar-refractivity contribution is 6.17. The van der Waals surface area contributed by atoms with Crippen LogP contribution in [0, 0.1) is 0 Å². The third-order valence-electron chi connectivity index (χ3n) is 9.99. The van der Waals surface area contributed by atoms with Crippen LogP contribution in [0.1, 0.15) is 5.56 Å². The van der Waals surface area contributed by atoms with Gasteiger partial charge in [0.15, 0.2) is 0 Å². The van der Waals surface area contributed by atoms with E-state index in [1.807, 2.05) is 12.2 Å². The van der Waals surface area contributed by atoms with E-state index in [0.29, 0.717) is 0 Å². The van der Waals surface area contributed by atoms with E-state index in [0.717, 1.165) is 66.7 Å². The molecule has 0 saturated heterocycles. The Labute approximate surface area is 303 Å². The maximum Gasteiger partial charge on any atom is 0.143 e. The zero-order chi connectivity index (χ0) is 35.0. The van der Waals surface area contributed by atoms with E-state index in [1.54, 1.807) is 6.08 Å². The van der Waals surface area contributed by atoms with Gasteiger partial charge in [-0.15, -0.1) is 0 Å². The average molecular weight is 666 g/mol. The summed E-state index contributed by atoms with van der Waals surface area (Å²) in [6.07, 6.45) is 5.68. The summed E-state index contributed by atoms with van der Waals surface area (Å²) in [5, 5.41) is 6.97. The van der Waals surface area contributed by atoms with Crippen LogP contribution < -0.4 is 4.90 Å². The first-order valence-corrected chi connectivity index (χ1v) is 17.6. The lowest BCUT2D eigenvalue weighted by Crippen LogP contribution is -2.11. The second kappa shape index (κ2) is 13.1. The number of hydrogen-bond acceptors (Lipinski definition) is 2. The van der Waals surface area contributed by atoms with Crippen molar-refractivity contribution in [1.29, 1.82) is 0 Å². The molecule has 246 valence electrons. The van der Waals surface area contributed by atoms with Crippen LogP contribution in [0.15, 0.2) is 206 Å². The van der Waals surface area contributed by atoms with Gasteiger partial charge in [-0.25, -0.2) is 0 Å². The number of benzene rings is 8. The van der Waals surface area contributed by atoms with Gasteiger partial charge in [-0.3, -0.25) is 0 Å². The third-order valence-corrected chi connectivity index (χ3v) is 9.99. The first-order chi connectivity index (χ1) is 25.7. The van der Waals surface area contributed by atoms with Gasteiger partial charge >= 0.3 is 0 Å². The Morgan fingerprint density at radius 2 is 1.15 bits per heavy atom. The third kappa shape index (κ3) is 5.39. The maximum absolute atomic E-state index is 6.84. The van der Waals surface area contributed by atoms with Gasteiger partial charge in [0.05, 0.1) is 5.69 Å². The van der Waals surface area contributed by atoms with Crippen molar-refractivity contribution in [1.82, 2.24) is 0 Å². The van der Waals surface area contributed by atoms with Crippen LogP contribution in [0.5, 0.6) is 0 Å². The predicted octanol–water partition coefficient (Wildman–Crippen LogP) is 14.5. The molecule has 0 aliphatic heterocycles. The number of furan rings is 1. The molecule has 0 aliphatic rings. The second-order valence-electron chi connectivity index (χ2n) is 13.0. The summed E-state index contributed by atoms with van der Waals surface area (Å²) in [6.45, 7) is 8.02. The van der Waals surface area contributed by atoms with Crippen molar-refractivity contribution in [3.05, 3.63) is 207 Å². The predicted molar refractivity (Wildman–Crippen MR) is 223 cm³/mol. The van der Waals surface area contributed by atoms with Gasteiger partial charge in [0.1, 0.15) is 11.2 Å². The van der Waals surface area contributed by atoms with Gasteiger partial charge in [-0.05, 0) is 80.9 Å². The Hall–Kier alpha value is -6.90. The molecule has 0 N–H and O–H groups in total. The molecule has 0 bridgehead atoms. The van der Waals surface area contributed by atoms with Crippen molar-refractivity contribution in [2.24, 2.45) is 0 Å². The number of hydrogen-bond donors (Lipinski definition) is 0. The van der Waals surface area contributed by atoms with Crippen molar-refractivity contribution in [2.75, 3.05) is 4.90 Å². The highest BCUT2D eigenvalue weighted by atomic mass is 16.3. The SMILES string of the molecule is C=C/C=C(\C=C)c1cccc(N(c2ccc(-c3ccc4ccccc4c3)cc2)c2ccccc2-c2cccc3c2oc2c4ccccc4ccc32)c1. The normalized spacial score (nSPS) is 11.7. The van der Waals surface area contributed by atoms with Crippen LogP contribution in [-0.2, 0) is 0 Å². The topological polar surface area (TPSA) is 16.4 Å². The minimum absolute atomic E-state index is 0.879. The maximum atomic E-state index is 6.84. The van der Waals surface area contributed by atoms with E-state index in [2.05, 4.69) is 188 Å². The quantitative estimate of drug-likeness (QED) is 0.150. The minimum atomic E-state index is 0.879. The molecule has 0 saturated carbocycles. The fraction of sp³-hybridized carbons (Fsp3) is 0. The Kier molecular flexibility index (Phi) is 7.83. The lowest BCUT2D eigenvalue weighted by atomic mass is 9.98. The lowest BCUT2D eigenvalue weighted by molar-refractivity contribution is 0.674. The van der Waals surface area contributed by atoms with Crippen molar-refractivity contribution < 1.29 is 4.42 Å². The van der Waals surface area contributed by atoms with Crippen LogP contribution in [0.4, 0.5) is 17.1 Å². The van der Waals surface area contributed by atoms with Crippen LogP contribution >= 0.6 is 0 Å². The minimum Gasteiger partial charge on any atom is -0.455 e. The number of para-hydroxylation sites is 2. The Morgan fingerprint density at radius 3 is 2.00 bits per heavy atom.